The quantitative estimate of drug-likeness (QED) is 0.725. The zero-order chi connectivity index (χ0) is 15.4. The Kier molecular flexibility index (Phi) is 4.14. The molecule has 0 radical (unpaired) electrons. The number of aromatic nitrogens is 4. The summed E-state index contributed by atoms with van der Waals surface area (Å²) in [5.74, 6) is 1.26. The molecule has 0 unspecified atom stereocenters. The first-order chi connectivity index (χ1) is 10.8. The summed E-state index contributed by atoms with van der Waals surface area (Å²) >= 11 is 0. The lowest BCUT2D eigenvalue weighted by Gasteiger charge is -2.14. The highest BCUT2D eigenvalue weighted by atomic mass is 16.5. The lowest BCUT2D eigenvalue weighted by molar-refractivity contribution is 0.380. The van der Waals surface area contributed by atoms with Crippen LogP contribution in [0.15, 0.2) is 55.1 Å². The molecule has 5 nitrogen and oxygen atoms in total. The highest BCUT2D eigenvalue weighted by Gasteiger charge is 2.11. The molecular formula is C17H18N4O. The number of hydrogen-bond acceptors (Lipinski definition) is 4. The molecule has 0 amide bonds. The second-order valence-electron chi connectivity index (χ2n) is 5.17. The van der Waals surface area contributed by atoms with Crippen molar-refractivity contribution in [2.24, 2.45) is 0 Å². The van der Waals surface area contributed by atoms with E-state index in [1.165, 1.54) is 5.56 Å². The summed E-state index contributed by atoms with van der Waals surface area (Å²) in [5, 5.41) is 0. The van der Waals surface area contributed by atoms with E-state index >= 15 is 0 Å². The van der Waals surface area contributed by atoms with Crippen LogP contribution in [-0.2, 0) is 6.54 Å². The van der Waals surface area contributed by atoms with Crippen LogP contribution in [0.2, 0.25) is 0 Å². The fraction of sp³-hybridized carbons (Fsp3) is 0.235. The monoisotopic (exact) mass is 294 g/mol. The van der Waals surface area contributed by atoms with Crippen molar-refractivity contribution in [1.29, 1.82) is 0 Å². The van der Waals surface area contributed by atoms with Crippen LogP contribution in [0.5, 0.6) is 6.01 Å². The fourth-order valence-electron chi connectivity index (χ4n) is 2.44. The van der Waals surface area contributed by atoms with Crippen molar-refractivity contribution in [3.05, 3.63) is 60.7 Å². The van der Waals surface area contributed by atoms with Crippen LogP contribution in [0.25, 0.3) is 11.4 Å². The second-order valence-corrected chi connectivity index (χ2v) is 5.17. The highest BCUT2D eigenvalue weighted by molar-refractivity contribution is 5.52. The summed E-state index contributed by atoms with van der Waals surface area (Å²) < 4.78 is 7.12. The Bertz CT molecular complexity index is 722. The number of rotatable bonds is 5. The van der Waals surface area contributed by atoms with Crippen molar-refractivity contribution in [2.75, 3.05) is 7.11 Å². The van der Waals surface area contributed by atoms with Crippen molar-refractivity contribution >= 4 is 0 Å². The molecule has 0 saturated heterocycles. The Balaban J connectivity index is 1.82. The molecular weight excluding hydrogens is 276 g/mol. The van der Waals surface area contributed by atoms with E-state index in [1.807, 2.05) is 12.3 Å². The number of nitrogens with zero attached hydrogens (tertiary/aromatic N) is 4. The molecule has 1 atom stereocenters. The van der Waals surface area contributed by atoms with Crippen LogP contribution < -0.4 is 4.74 Å². The third-order valence-electron chi connectivity index (χ3n) is 3.62. The van der Waals surface area contributed by atoms with Crippen LogP contribution in [-0.4, -0.2) is 26.6 Å². The molecule has 0 aliphatic heterocycles. The smallest absolute Gasteiger partial charge is 0.316 e. The van der Waals surface area contributed by atoms with Gasteiger partial charge < -0.3 is 9.30 Å². The normalized spacial score (nSPS) is 12.1. The number of benzene rings is 1. The molecule has 0 aliphatic rings. The van der Waals surface area contributed by atoms with Gasteiger partial charge in [-0.15, -0.1) is 0 Å². The fourth-order valence-corrected chi connectivity index (χ4v) is 2.44. The molecule has 0 N–H and O–H groups in total. The topological polar surface area (TPSA) is 52.8 Å². The minimum Gasteiger partial charge on any atom is -0.467 e. The van der Waals surface area contributed by atoms with Gasteiger partial charge in [0.2, 0.25) is 0 Å². The van der Waals surface area contributed by atoms with Gasteiger partial charge in [-0.2, -0.15) is 0 Å². The van der Waals surface area contributed by atoms with Crippen molar-refractivity contribution in [2.45, 2.75) is 19.4 Å². The third kappa shape index (κ3) is 2.98. The van der Waals surface area contributed by atoms with Gasteiger partial charge >= 0.3 is 6.01 Å². The first-order valence-corrected chi connectivity index (χ1v) is 7.20. The largest absolute Gasteiger partial charge is 0.467 e. The predicted octanol–water partition coefficient (Wildman–Crippen LogP) is 3.15. The van der Waals surface area contributed by atoms with Crippen LogP contribution in [0.1, 0.15) is 18.4 Å². The van der Waals surface area contributed by atoms with E-state index in [1.54, 1.807) is 25.7 Å². The van der Waals surface area contributed by atoms with E-state index in [0.717, 1.165) is 17.9 Å². The Morgan fingerprint density at radius 1 is 1.09 bits per heavy atom. The molecule has 0 fully saturated rings. The summed E-state index contributed by atoms with van der Waals surface area (Å²) in [6.07, 6.45) is 7.26. The maximum atomic E-state index is 4.99. The summed E-state index contributed by atoms with van der Waals surface area (Å²) in [4.78, 5) is 12.7. The average molecular weight is 294 g/mol. The summed E-state index contributed by atoms with van der Waals surface area (Å²) in [5.41, 5.74) is 2.19. The van der Waals surface area contributed by atoms with E-state index in [4.69, 9.17) is 4.74 Å². The Labute approximate surface area is 129 Å². The van der Waals surface area contributed by atoms with Gasteiger partial charge in [0, 0.05) is 31.3 Å². The van der Waals surface area contributed by atoms with Crippen molar-refractivity contribution in [3.63, 3.8) is 0 Å². The molecule has 0 spiro atoms. The molecule has 2 aromatic heterocycles. The molecule has 0 bridgehead atoms. The lowest BCUT2D eigenvalue weighted by Crippen LogP contribution is -2.07. The van der Waals surface area contributed by atoms with Gasteiger partial charge in [0.15, 0.2) is 0 Å². The minimum atomic E-state index is 0.361. The van der Waals surface area contributed by atoms with Crippen molar-refractivity contribution in [1.82, 2.24) is 19.5 Å². The predicted molar refractivity (Wildman–Crippen MR) is 84.7 cm³/mol. The van der Waals surface area contributed by atoms with E-state index in [0.29, 0.717) is 11.9 Å². The molecule has 2 heterocycles. The molecule has 1 aromatic carbocycles. The van der Waals surface area contributed by atoms with Crippen LogP contribution in [0.4, 0.5) is 0 Å². The zero-order valence-corrected chi connectivity index (χ0v) is 12.7. The molecule has 0 aliphatic carbocycles. The number of ether oxygens (including phenoxy) is 1. The Hall–Kier alpha value is -2.69. The Morgan fingerprint density at radius 2 is 1.82 bits per heavy atom. The Morgan fingerprint density at radius 3 is 2.50 bits per heavy atom. The second kappa shape index (κ2) is 6.39. The zero-order valence-electron chi connectivity index (χ0n) is 12.7. The van der Waals surface area contributed by atoms with Gasteiger partial charge in [-0.05, 0) is 11.5 Å². The molecule has 22 heavy (non-hydrogen) atoms. The van der Waals surface area contributed by atoms with Crippen LogP contribution >= 0.6 is 0 Å². The van der Waals surface area contributed by atoms with Crippen molar-refractivity contribution < 1.29 is 4.74 Å². The molecule has 112 valence electrons. The maximum absolute atomic E-state index is 4.99. The third-order valence-corrected chi connectivity index (χ3v) is 3.62. The van der Waals surface area contributed by atoms with Gasteiger partial charge in [0.1, 0.15) is 5.82 Å². The van der Waals surface area contributed by atoms with Crippen LogP contribution in [0.3, 0.4) is 0 Å². The lowest BCUT2D eigenvalue weighted by atomic mass is 10.0. The molecule has 0 saturated carbocycles. The summed E-state index contributed by atoms with van der Waals surface area (Å²) in [6.45, 7) is 3.06. The first kappa shape index (κ1) is 14.3. The summed E-state index contributed by atoms with van der Waals surface area (Å²) in [6, 6.07) is 10.8. The SMILES string of the molecule is COc1ncc(-c2nccn2C[C@H](C)c2ccccc2)cn1. The van der Waals surface area contributed by atoms with E-state index < -0.39 is 0 Å². The standard InChI is InChI=1S/C17H18N4O/c1-13(14-6-4-3-5-7-14)12-21-9-8-18-16(21)15-10-19-17(22-2)20-11-15/h3-11,13H,12H2,1-2H3/t13-/m0/s1. The van der Waals surface area contributed by atoms with E-state index in [9.17, 15) is 0 Å². The minimum absolute atomic E-state index is 0.361. The first-order valence-electron chi connectivity index (χ1n) is 7.20. The average Bonchev–Trinajstić information content (AvgIpc) is 3.04. The van der Waals surface area contributed by atoms with Crippen molar-refractivity contribution in [3.8, 4) is 17.4 Å². The van der Waals surface area contributed by atoms with Gasteiger partial charge in [0.05, 0.1) is 12.7 Å². The van der Waals surface area contributed by atoms with E-state index in [-0.39, 0.29) is 0 Å². The molecule has 3 rings (SSSR count). The highest BCUT2D eigenvalue weighted by Crippen LogP contribution is 2.22. The van der Waals surface area contributed by atoms with Gasteiger partial charge in [-0.25, -0.2) is 15.0 Å². The van der Waals surface area contributed by atoms with Crippen LogP contribution in [0, 0.1) is 0 Å². The number of imidazole rings is 1. The molecule has 3 aromatic rings. The summed E-state index contributed by atoms with van der Waals surface area (Å²) in [7, 11) is 1.55. The van der Waals surface area contributed by atoms with Gasteiger partial charge in [-0.1, -0.05) is 37.3 Å². The van der Waals surface area contributed by atoms with Gasteiger partial charge in [0.25, 0.3) is 0 Å². The maximum Gasteiger partial charge on any atom is 0.316 e. The van der Waals surface area contributed by atoms with Gasteiger partial charge in [-0.3, -0.25) is 0 Å². The number of methoxy groups -OCH3 is 1. The molecule has 5 heteroatoms. The van der Waals surface area contributed by atoms with E-state index in [2.05, 4.69) is 50.7 Å². The number of hydrogen-bond donors (Lipinski definition) is 0.